The zero-order chi connectivity index (χ0) is 6.27. The SMILES string of the molecule is COC1=NC2CC2CC1. The van der Waals surface area contributed by atoms with Crippen molar-refractivity contribution in [1.29, 1.82) is 0 Å². The van der Waals surface area contributed by atoms with Crippen LogP contribution in [0.3, 0.4) is 0 Å². The van der Waals surface area contributed by atoms with Crippen LogP contribution in [0, 0.1) is 5.92 Å². The Morgan fingerprint density at radius 2 is 2.56 bits per heavy atom. The molecule has 0 bridgehead atoms. The zero-order valence-corrected chi connectivity index (χ0v) is 5.63. The van der Waals surface area contributed by atoms with Crippen LogP contribution in [-0.4, -0.2) is 19.0 Å². The molecule has 0 radical (unpaired) electrons. The van der Waals surface area contributed by atoms with Gasteiger partial charge in [-0.25, -0.2) is 0 Å². The van der Waals surface area contributed by atoms with Gasteiger partial charge in [0.2, 0.25) is 0 Å². The molecule has 0 spiro atoms. The predicted molar refractivity (Wildman–Crippen MR) is 35.6 cm³/mol. The minimum absolute atomic E-state index is 0.647. The molecule has 2 unspecified atom stereocenters. The second-order valence-corrected chi connectivity index (χ2v) is 2.83. The quantitative estimate of drug-likeness (QED) is 0.477. The monoisotopic (exact) mass is 125 g/mol. The molecule has 1 saturated carbocycles. The summed E-state index contributed by atoms with van der Waals surface area (Å²) in [6.45, 7) is 0. The average Bonchev–Trinajstić information content (AvgIpc) is 2.64. The molecule has 1 aliphatic heterocycles. The molecular formula is C7H11NO. The van der Waals surface area contributed by atoms with Crippen LogP contribution in [0.25, 0.3) is 0 Å². The Bertz CT molecular complexity index is 153. The largest absolute Gasteiger partial charge is 0.484 e. The second-order valence-electron chi connectivity index (χ2n) is 2.83. The fourth-order valence-electron chi connectivity index (χ4n) is 1.41. The highest BCUT2D eigenvalue weighted by Gasteiger charge is 2.39. The van der Waals surface area contributed by atoms with Gasteiger partial charge in [0.25, 0.3) is 0 Å². The lowest BCUT2D eigenvalue weighted by Gasteiger charge is -2.08. The van der Waals surface area contributed by atoms with Gasteiger partial charge in [0.05, 0.1) is 13.2 Å². The van der Waals surface area contributed by atoms with Gasteiger partial charge in [-0.15, -0.1) is 0 Å². The summed E-state index contributed by atoms with van der Waals surface area (Å²) in [5, 5.41) is 0. The van der Waals surface area contributed by atoms with E-state index in [1.165, 1.54) is 12.8 Å². The highest BCUT2D eigenvalue weighted by molar-refractivity contribution is 5.77. The third-order valence-electron chi connectivity index (χ3n) is 2.16. The molecule has 0 aromatic rings. The minimum atomic E-state index is 0.647. The highest BCUT2D eigenvalue weighted by Crippen LogP contribution is 2.41. The van der Waals surface area contributed by atoms with Crippen molar-refractivity contribution >= 4 is 5.90 Å². The molecule has 0 saturated heterocycles. The van der Waals surface area contributed by atoms with Gasteiger partial charge in [-0.2, -0.15) is 0 Å². The van der Waals surface area contributed by atoms with Crippen molar-refractivity contribution in [1.82, 2.24) is 0 Å². The van der Waals surface area contributed by atoms with Crippen LogP contribution >= 0.6 is 0 Å². The van der Waals surface area contributed by atoms with E-state index < -0.39 is 0 Å². The van der Waals surface area contributed by atoms with Gasteiger partial charge in [-0.05, 0) is 18.8 Å². The Morgan fingerprint density at radius 3 is 3.22 bits per heavy atom. The van der Waals surface area contributed by atoms with E-state index >= 15 is 0 Å². The molecule has 0 N–H and O–H groups in total. The van der Waals surface area contributed by atoms with E-state index in [-0.39, 0.29) is 0 Å². The van der Waals surface area contributed by atoms with Crippen LogP contribution in [0.5, 0.6) is 0 Å². The van der Waals surface area contributed by atoms with Crippen LogP contribution in [-0.2, 0) is 4.74 Å². The second kappa shape index (κ2) is 1.72. The Hall–Kier alpha value is -0.530. The molecule has 1 heterocycles. The van der Waals surface area contributed by atoms with Crippen LogP contribution in [0.15, 0.2) is 4.99 Å². The van der Waals surface area contributed by atoms with Crippen molar-refractivity contribution in [3.8, 4) is 0 Å². The Morgan fingerprint density at radius 1 is 1.67 bits per heavy atom. The molecule has 2 aliphatic rings. The van der Waals surface area contributed by atoms with Crippen molar-refractivity contribution in [2.75, 3.05) is 7.11 Å². The average molecular weight is 125 g/mol. The minimum Gasteiger partial charge on any atom is -0.484 e. The van der Waals surface area contributed by atoms with Crippen molar-refractivity contribution in [2.45, 2.75) is 25.3 Å². The molecule has 2 rings (SSSR count). The number of ether oxygens (including phenoxy) is 1. The number of rotatable bonds is 0. The first-order chi connectivity index (χ1) is 4.40. The maximum Gasteiger partial charge on any atom is 0.183 e. The normalized spacial score (nSPS) is 39.0. The first kappa shape index (κ1) is 5.27. The van der Waals surface area contributed by atoms with E-state index in [1.54, 1.807) is 7.11 Å². The molecule has 0 aromatic carbocycles. The summed E-state index contributed by atoms with van der Waals surface area (Å²) >= 11 is 0. The fraction of sp³-hybridized carbons (Fsp3) is 0.857. The molecule has 1 aliphatic carbocycles. The number of hydrogen-bond acceptors (Lipinski definition) is 2. The van der Waals surface area contributed by atoms with E-state index in [0.29, 0.717) is 6.04 Å². The molecule has 1 fully saturated rings. The van der Waals surface area contributed by atoms with Gasteiger partial charge in [-0.3, -0.25) is 4.99 Å². The van der Waals surface area contributed by atoms with E-state index in [0.717, 1.165) is 18.2 Å². The molecule has 0 amide bonds. The third-order valence-corrected chi connectivity index (χ3v) is 2.16. The van der Waals surface area contributed by atoms with E-state index in [4.69, 9.17) is 4.74 Å². The van der Waals surface area contributed by atoms with Gasteiger partial charge >= 0.3 is 0 Å². The van der Waals surface area contributed by atoms with Gasteiger partial charge in [-0.1, -0.05) is 0 Å². The van der Waals surface area contributed by atoms with Crippen LogP contribution in [0.2, 0.25) is 0 Å². The standard InChI is InChI=1S/C7H11NO/c1-9-7-3-2-5-4-6(5)8-7/h5-6H,2-4H2,1H3. The summed E-state index contributed by atoms with van der Waals surface area (Å²) in [5.74, 6) is 1.89. The van der Waals surface area contributed by atoms with Crippen LogP contribution < -0.4 is 0 Å². The van der Waals surface area contributed by atoms with E-state index in [9.17, 15) is 0 Å². The summed E-state index contributed by atoms with van der Waals surface area (Å²) in [6, 6.07) is 0.647. The predicted octanol–water partition coefficient (Wildman–Crippen LogP) is 1.21. The van der Waals surface area contributed by atoms with Crippen molar-refractivity contribution in [3.05, 3.63) is 0 Å². The Labute approximate surface area is 54.9 Å². The lowest BCUT2D eigenvalue weighted by molar-refractivity contribution is 0.377. The lowest BCUT2D eigenvalue weighted by atomic mass is 10.2. The van der Waals surface area contributed by atoms with Crippen molar-refractivity contribution in [3.63, 3.8) is 0 Å². The number of methoxy groups -OCH3 is 1. The topological polar surface area (TPSA) is 21.6 Å². The number of aliphatic imine (C=N–C) groups is 1. The van der Waals surface area contributed by atoms with Crippen LogP contribution in [0.4, 0.5) is 0 Å². The van der Waals surface area contributed by atoms with Crippen molar-refractivity contribution < 1.29 is 4.74 Å². The smallest absolute Gasteiger partial charge is 0.183 e. The molecule has 2 atom stereocenters. The first-order valence-electron chi connectivity index (χ1n) is 3.51. The number of fused-ring (bicyclic) bond motifs is 1. The fourth-order valence-corrected chi connectivity index (χ4v) is 1.41. The zero-order valence-electron chi connectivity index (χ0n) is 5.63. The molecule has 50 valence electrons. The Kier molecular flexibility index (Phi) is 1.01. The molecule has 0 aromatic heterocycles. The van der Waals surface area contributed by atoms with Gasteiger partial charge in [0.15, 0.2) is 5.90 Å². The van der Waals surface area contributed by atoms with Crippen LogP contribution in [0.1, 0.15) is 19.3 Å². The van der Waals surface area contributed by atoms with Gasteiger partial charge in [0.1, 0.15) is 0 Å². The summed E-state index contributed by atoms with van der Waals surface area (Å²) in [5.41, 5.74) is 0. The van der Waals surface area contributed by atoms with Gasteiger partial charge < -0.3 is 4.74 Å². The van der Waals surface area contributed by atoms with E-state index in [1.807, 2.05) is 0 Å². The highest BCUT2D eigenvalue weighted by atomic mass is 16.5. The molecular weight excluding hydrogens is 114 g/mol. The maximum absolute atomic E-state index is 5.04. The van der Waals surface area contributed by atoms with E-state index in [2.05, 4.69) is 4.99 Å². The summed E-state index contributed by atoms with van der Waals surface area (Å²) in [6.07, 6.45) is 3.68. The number of nitrogens with zero attached hydrogens (tertiary/aromatic N) is 1. The molecule has 2 heteroatoms. The molecule has 9 heavy (non-hydrogen) atoms. The van der Waals surface area contributed by atoms with Gasteiger partial charge in [0, 0.05) is 6.42 Å². The third kappa shape index (κ3) is 0.824. The maximum atomic E-state index is 5.04. The van der Waals surface area contributed by atoms with Crippen molar-refractivity contribution in [2.24, 2.45) is 10.9 Å². The lowest BCUT2D eigenvalue weighted by Crippen LogP contribution is -2.08. The summed E-state index contributed by atoms with van der Waals surface area (Å²) in [4.78, 5) is 4.37. The summed E-state index contributed by atoms with van der Waals surface area (Å²) < 4.78 is 5.04. The first-order valence-corrected chi connectivity index (χ1v) is 3.51. The summed E-state index contributed by atoms with van der Waals surface area (Å²) in [7, 11) is 1.71. The molecule has 2 nitrogen and oxygen atoms in total. The number of hydrogen-bond donors (Lipinski definition) is 0. The Balaban J connectivity index is 2.06.